The fourth-order valence-corrected chi connectivity index (χ4v) is 2.93. The van der Waals surface area contributed by atoms with E-state index in [0.29, 0.717) is 12.8 Å². The minimum atomic E-state index is -4.73. The highest BCUT2D eigenvalue weighted by atomic mass is 19.4. The smallest absolute Gasteiger partial charge is 0.360 e. The molecule has 3 rings (SSSR count). The fraction of sp³-hybridized carbons (Fsp3) is 0.375. The molecule has 2 heterocycles. The van der Waals surface area contributed by atoms with Crippen LogP contribution in [0.15, 0.2) is 24.7 Å². The number of alkyl halides is 3. The van der Waals surface area contributed by atoms with Crippen molar-refractivity contribution in [1.29, 1.82) is 0 Å². The standard InChI is InChI=1S/C16H12F4N4O/c1-21-14-12(16(18,19)20)5-10(7-22-14)6-13(25)15(3-2-4-15)24-9-11(17)8-23-24/h5,7-9H,2-4,6H2. The normalized spacial score (nSPS) is 16.1. The second kappa shape index (κ2) is 5.95. The lowest BCUT2D eigenvalue weighted by Crippen LogP contribution is -2.49. The fourth-order valence-electron chi connectivity index (χ4n) is 2.93. The number of halogens is 4. The number of rotatable bonds is 4. The summed E-state index contributed by atoms with van der Waals surface area (Å²) >= 11 is 0. The third-order valence-corrected chi connectivity index (χ3v) is 4.39. The van der Waals surface area contributed by atoms with Crippen LogP contribution in [0.1, 0.15) is 30.4 Å². The average molecular weight is 352 g/mol. The van der Waals surface area contributed by atoms with Crippen LogP contribution in [0.3, 0.4) is 0 Å². The zero-order valence-electron chi connectivity index (χ0n) is 12.8. The molecule has 0 bridgehead atoms. The number of carbonyl (C=O) groups is 1. The number of Topliss-reactive ketones (excluding diaryl/α,β-unsaturated/α-hetero) is 1. The zero-order chi connectivity index (χ0) is 18.2. The largest absolute Gasteiger partial charge is 0.409 e. The number of aromatic nitrogens is 3. The molecule has 0 aliphatic heterocycles. The summed E-state index contributed by atoms with van der Waals surface area (Å²) in [6, 6.07) is 0.772. The summed E-state index contributed by atoms with van der Waals surface area (Å²) in [7, 11) is 0. The maximum Gasteiger partial charge on any atom is 0.409 e. The lowest BCUT2D eigenvalue weighted by Gasteiger charge is -2.40. The monoisotopic (exact) mass is 352 g/mol. The molecule has 0 unspecified atom stereocenters. The Hall–Kier alpha value is -2.76. The van der Waals surface area contributed by atoms with E-state index in [1.807, 2.05) is 0 Å². The Bertz CT molecular complexity index is 862. The Kier molecular flexibility index (Phi) is 4.06. The number of carbonyl (C=O) groups excluding carboxylic acids is 1. The lowest BCUT2D eigenvalue weighted by molar-refractivity contribution is -0.137. The average Bonchev–Trinajstić information content (AvgIpc) is 2.92. The molecule has 0 saturated heterocycles. The molecule has 1 saturated carbocycles. The minimum absolute atomic E-state index is 0.0589. The van der Waals surface area contributed by atoms with E-state index >= 15 is 0 Å². The Balaban J connectivity index is 1.89. The summed E-state index contributed by atoms with van der Waals surface area (Å²) in [6.45, 7) is 6.78. The third-order valence-electron chi connectivity index (χ3n) is 4.39. The highest BCUT2D eigenvalue weighted by Gasteiger charge is 2.46. The topological polar surface area (TPSA) is 52.1 Å². The maximum absolute atomic E-state index is 13.2. The first-order valence-corrected chi connectivity index (χ1v) is 7.44. The van der Waals surface area contributed by atoms with Crippen LogP contribution in [-0.2, 0) is 22.9 Å². The van der Waals surface area contributed by atoms with Crippen LogP contribution in [0.4, 0.5) is 23.4 Å². The first-order chi connectivity index (χ1) is 11.8. The van der Waals surface area contributed by atoms with Gasteiger partial charge in [0.25, 0.3) is 5.82 Å². The number of ketones is 1. The molecule has 1 fully saturated rings. The molecule has 2 aromatic heterocycles. The van der Waals surface area contributed by atoms with Gasteiger partial charge in [0.05, 0.1) is 18.0 Å². The van der Waals surface area contributed by atoms with Gasteiger partial charge in [-0.2, -0.15) is 18.3 Å². The molecule has 0 amide bonds. The molecule has 130 valence electrons. The van der Waals surface area contributed by atoms with Gasteiger partial charge >= 0.3 is 6.18 Å². The van der Waals surface area contributed by atoms with E-state index in [1.165, 1.54) is 4.68 Å². The molecule has 9 heteroatoms. The second-order valence-corrected chi connectivity index (χ2v) is 5.91. The van der Waals surface area contributed by atoms with Gasteiger partial charge in [-0.15, -0.1) is 4.98 Å². The molecular formula is C16H12F4N4O. The van der Waals surface area contributed by atoms with Gasteiger partial charge in [0.1, 0.15) is 11.7 Å². The molecule has 0 radical (unpaired) electrons. The van der Waals surface area contributed by atoms with Crippen LogP contribution in [0.2, 0.25) is 0 Å². The molecule has 0 spiro atoms. The number of hydrogen-bond donors (Lipinski definition) is 0. The van der Waals surface area contributed by atoms with Crippen LogP contribution in [0.25, 0.3) is 4.85 Å². The van der Waals surface area contributed by atoms with E-state index in [1.54, 1.807) is 0 Å². The van der Waals surface area contributed by atoms with E-state index in [4.69, 9.17) is 6.57 Å². The van der Waals surface area contributed by atoms with Crippen molar-refractivity contribution in [2.45, 2.75) is 37.4 Å². The molecule has 2 aromatic rings. The number of nitrogens with zero attached hydrogens (tertiary/aromatic N) is 4. The second-order valence-electron chi connectivity index (χ2n) is 5.91. The van der Waals surface area contributed by atoms with Gasteiger partial charge in [0.15, 0.2) is 11.6 Å². The molecule has 0 aromatic carbocycles. The van der Waals surface area contributed by atoms with Crippen molar-refractivity contribution in [2.24, 2.45) is 0 Å². The predicted molar refractivity (Wildman–Crippen MR) is 78.2 cm³/mol. The highest BCUT2D eigenvalue weighted by Crippen LogP contribution is 2.41. The SMILES string of the molecule is [C-]#[N+]c1ncc(CC(=O)C2(n3cc(F)cn3)CCC2)cc1C(F)(F)F. The van der Waals surface area contributed by atoms with Crippen molar-refractivity contribution in [3.8, 4) is 0 Å². The Morgan fingerprint density at radius 1 is 1.36 bits per heavy atom. The molecular weight excluding hydrogens is 340 g/mol. The van der Waals surface area contributed by atoms with Gasteiger partial charge in [0, 0.05) is 12.0 Å². The van der Waals surface area contributed by atoms with Crippen LogP contribution in [0, 0.1) is 12.4 Å². The number of pyridine rings is 1. The highest BCUT2D eigenvalue weighted by molar-refractivity contribution is 5.89. The van der Waals surface area contributed by atoms with Crippen molar-refractivity contribution in [1.82, 2.24) is 14.8 Å². The molecule has 0 N–H and O–H groups in total. The summed E-state index contributed by atoms with van der Waals surface area (Å²) in [5.41, 5.74) is -2.13. The van der Waals surface area contributed by atoms with E-state index in [0.717, 1.165) is 31.1 Å². The molecule has 0 atom stereocenters. The first-order valence-electron chi connectivity index (χ1n) is 7.44. The maximum atomic E-state index is 13.2. The van der Waals surface area contributed by atoms with Crippen LogP contribution in [-0.4, -0.2) is 20.5 Å². The zero-order valence-corrected chi connectivity index (χ0v) is 12.8. The van der Waals surface area contributed by atoms with Crippen LogP contribution >= 0.6 is 0 Å². The van der Waals surface area contributed by atoms with Gasteiger partial charge in [-0.1, -0.05) is 12.6 Å². The van der Waals surface area contributed by atoms with Gasteiger partial charge in [-0.3, -0.25) is 9.48 Å². The van der Waals surface area contributed by atoms with E-state index < -0.39 is 28.9 Å². The summed E-state index contributed by atoms with van der Waals surface area (Å²) in [6.07, 6.45) is -0.188. The molecule has 25 heavy (non-hydrogen) atoms. The van der Waals surface area contributed by atoms with Crippen LogP contribution in [0.5, 0.6) is 0 Å². The Morgan fingerprint density at radius 3 is 2.56 bits per heavy atom. The summed E-state index contributed by atoms with van der Waals surface area (Å²) in [4.78, 5) is 19.0. The summed E-state index contributed by atoms with van der Waals surface area (Å²) < 4.78 is 53.5. The Morgan fingerprint density at radius 2 is 2.08 bits per heavy atom. The van der Waals surface area contributed by atoms with Crippen LogP contribution < -0.4 is 0 Å². The van der Waals surface area contributed by atoms with Crippen molar-refractivity contribution in [2.75, 3.05) is 0 Å². The van der Waals surface area contributed by atoms with Gasteiger partial charge < -0.3 is 4.85 Å². The van der Waals surface area contributed by atoms with Gasteiger partial charge in [-0.05, 0) is 19.3 Å². The van der Waals surface area contributed by atoms with E-state index in [2.05, 4.69) is 14.9 Å². The molecule has 5 nitrogen and oxygen atoms in total. The van der Waals surface area contributed by atoms with Crippen molar-refractivity contribution in [3.63, 3.8) is 0 Å². The minimum Gasteiger partial charge on any atom is -0.360 e. The van der Waals surface area contributed by atoms with Gasteiger partial charge in [0.2, 0.25) is 0 Å². The third kappa shape index (κ3) is 2.99. The quantitative estimate of drug-likeness (QED) is 0.623. The lowest BCUT2D eigenvalue weighted by atomic mass is 9.72. The summed E-state index contributed by atoms with van der Waals surface area (Å²) in [5.74, 6) is -1.69. The molecule has 1 aliphatic carbocycles. The van der Waals surface area contributed by atoms with Gasteiger partial charge in [-0.25, -0.2) is 4.39 Å². The van der Waals surface area contributed by atoms with E-state index in [-0.39, 0.29) is 17.8 Å². The van der Waals surface area contributed by atoms with Crippen molar-refractivity contribution >= 4 is 11.6 Å². The number of hydrogen-bond acceptors (Lipinski definition) is 3. The predicted octanol–water partition coefficient (Wildman–Crippen LogP) is 3.68. The van der Waals surface area contributed by atoms with Crippen molar-refractivity contribution in [3.05, 3.63) is 53.0 Å². The molecule has 1 aliphatic rings. The Labute approximate surface area is 140 Å². The first kappa shape index (κ1) is 17.1. The van der Waals surface area contributed by atoms with E-state index in [9.17, 15) is 22.4 Å². The van der Waals surface area contributed by atoms with Crippen molar-refractivity contribution < 1.29 is 22.4 Å². The summed E-state index contributed by atoms with van der Waals surface area (Å²) in [5, 5.41) is 3.84.